The van der Waals surface area contributed by atoms with Crippen molar-refractivity contribution >= 4 is 10.8 Å². The maximum absolute atomic E-state index is 15.3. The second-order valence-corrected chi connectivity index (χ2v) is 11.4. The third-order valence-electron chi connectivity index (χ3n) is 9.14. The molecule has 2 saturated carbocycles. The summed E-state index contributed by atoms with van der Waals surface area (Å²) in [4.78, 5) is 0. The van der Waals surface area contributed by atoms with Crippen molar-refractivity contribution in [1.29, 1.82) is 0 Å². The molecule has 0 unspecified atom stereocenters. The zero-order valence-corrected chi connectivity index (χ0v) is 21.4. The average Bonchev–Trinajstić information content (AvgIpc) is 2.85. The summed E-state index contributed by atoms with van der Waals surface area (Å²) in [5, 5.41) is 1.88. The Morgan fingerprint density at radius 1 is 0.697 bits per heavy atom. The third-order valence-corrected chi connectivity index (χ3v) is 9.14. The monoisotopic (exact) mass is 450 g/mol. The Labute approximate surface area is 202 Å². The number of hydrogen-bond acceptors (Lipinski definition) is 0. The quantitative estimate of drug-likeness (QED) is 0.316. The molecule has 1 heteroatoms. The lowest BCUT2D eigenvalue weighted by Gasteiger charge is -2.38. The molecule has 0 aliphatic heterocycles. The van der Waals surface area contributed by atoms with Gasteiger partial charge in [-0.2, -0.15) is 0 Å². The van der Waals surface area contributed by atoms with Gasteiger partial charge in [-0.25, -0.2) is 4.39 Å². The van der Waals surface area contributed by atoms with Gasteiger partial charge in [-0.15, -0.1) is 0 Å². The van der Waals surface area contributed by atoms with Crippen molar-refractivity contribution in [2.45, 2.75) is 117 Å². The third kappa shape index (κ3) is 6.61. The lowest BCUT2D eigenvalue weighted by atomic mass is 9.68. The van der Waals surface area contributed by atoms with E-state index in [-0.39, 0.29) is 5.82 Å². The van der Waals surface area contributed by atoms with Gasteiger partial charge < -0.3 is 0 Å². The summed E-state index contributed by atoms with van der Waals surface area (Å²) in [5.74, 6) is 3.84. The highest BCUT2D eigenvalue weighted by atomic mass is 19.1. The molecule has 2 aliphatic carbocycles. The molecule has 0 bridgehead atoms. The van der Waals surface area contributed by atoms with E-state index in [1.807, 2.05) is 6.07 Å². The van der Waals surface area contributed by atoms with Crippen LogP contribution in [0.1, 0.15) is 115 Å². The van der Waals surface area contributed by atoms with Crippen LogP contribution in [0.25, 0.3) is 10.8 Å². The predicted octanol–water partition coefficient (Wildman–Crippen LogP) is 10.1. The Hall–Kier alpha value is -1.37. The highest BCUT2D eigenvalue weighted by Gasteiger charge is 2.30. The Balaban J connectivity index is 1.25. The maximum atomic E-state index is 15.3. The van der Waals surface area contributed by atoms with E-state index in [4.69, 9.17) is 0 Å². The topological polar surface area (TPSA) is 0 Å². The molecule has 0 heterocycles. The predicted molar refractivity (Wildman–Crippen MR) is 141 cm³/mol. The molecule has 2 aromatic carbocycles. The standard InChI is InChI=1S/C32H47F/c1-3-5-6-8-26-14-22-31-30(23-26)21-20-29(32(31)33)19-13-25-11-17-28(18-12-25)27-15-9-24(7-4-2)10-16-27/h14,20-25,27-28H,3-13,15-19H2,1-2H3. The Morgan fingerprint density at radius 3 is 2.00 bits per heavy atom. The number of fused-ring (bicyclic) bond motifs is 1. The number of halogens is 1. The first kappa shape index (κ1) is 24.7. The van der Waals surface area contributed by atoms with E-state index in [1.165, 1.54) is 89.0 Å². The van der Waals surface area contributed by atoms with Crippen LogP contribution in [0.4, 0.5) is 4.39 Å². The Bertz CT molecular complexity index is 852. The van der Waals surface area contributed by atoms with Crippen LogP contribution < -0.4 is 0 Å². The highest BCUT2D eigenvalue weighted by Crippen LogP contribution is 2.43. The summed E-state index contributed by atoms with van der Waals surface area (Å²) in [6.07, 6.45) is 21.3. The molecule has 0 saturated heterocycles. The molecule has 33 heavy (non-hydrogen) atoms. The molecule has 4 rings (SSSR count). The van der Waals surface area contributed by atoms with E-state index < -0.39 is 0 Å². The molecular formula is C32H47F. The van der Waals surface area contributed by atoms with E-state index in [2.05, 4.69) is 38.1 Å². The molecule has 0 nitrogen and oxygen atoms in total. The first-order valence-corrected chi connectivity index (χ1v) is 14.4. The maximum Gasteiger partial charge on any atom is 0.134 e. The van der Waals surface area contributed by atoms with Crippen molar-refractivity contribution in [2.75, 3.05) is 0 Å². The zero-order valence-electron chi connectivity index (χ0n) is 21.4. The fraction of sp³-hybridized carbons (Fsp3) is 0.688. The van der Waals surface area contributed by atoms with Crippen LogP contribution in [-0.2, 0) is 12.8 Å². The van der Waals surface area contributed by atoms with E-state index in [1.54, 1.807) is 0 Å². The summed E-state index contributed by atoms with van der Waals surface area (Å²) < 4.78 is 15.3. The number of rotatable bonds is 10. The molecule has 0 N–H and O–H groups in total. The lowest BCUT2D eigenvalue weighted by Crippen LogP contribution is -2.26. The second-order valence-electron chi connectivity index (χ2n) is 11.4. The van der Waals surface area contributed by atoms with Gasteiger partial charge in [-0.05, 0) is 91.6 Å². The summed E-state index contributed by atoms with van der Waals surface area (Å²) in [5.41, 5.74) is 2.27. The van der Waals surface area contributed by atoms with Gasteiger partial charge in [0, 0.05) is 5.39 Å². The molecule has 0 amide bonds. The minimum atomic E-state index is 0.0325. The lowest BCUT2D eigenvalue weighted by molar-refractivity contribution is 0.141. The van der Waals surface area contributed by atoms with Gasteiger partial charge in [0.2, 0.25) is 0 Å². The SMILES string of the molecule is CCCCCc1ccc2c(F)c(CCC3CCC(C4CCC(CCC)CC4)CC3)ccc2c1. The number of benzene rings is 2. The van der Waals surface area contributed by atoms with E-state index in [0.717, 1.165) is 59.3 Å². The smallest absolute Gasteiger partial charge is 0.134 e. The second kappa shape index (κ2) is 12.4. The molecule has 0 aromatic heterocycles. The minimum absolute atomic E-state index is 0.0325. The van der Waals surface area contributed by atoms with Gasteiger partial charge in [0.05, 0.1) is 0 Å². The molecule has 2 aromatic rings. The number of aryl methyl sites for hydroxylation is 2. The first-order valence-electron chi connectivity index (χ1n) is 14.4. The van der Waals surface area contributed by atoms with Gasteiger partial charge >= 0.3 is 0 Å². The largest absolute Gasteiger partial charge is 0.206 e. The molecule has 2 fully saturated rings. The highest BCUT2D eigenvalue weighted by molar-refractivity contribution is 5.84. The van der Waals surface area contributed by atoms with Gasteiger partial charge in [0.25, 0.3) is 0 Å². The van der Waals surface area contributed by atoms with Gasteiger partial charge in [-0.1, -0.05) is 95.5 Å². The van der Waals surface area contributed by atoms with Crippen molar-refractivity contribution in [3.63, 3.8) is 0 Å². The molecule has 0 spiro atoms. The van der Waals surface area contributed by atoms with Gasteiger partial charge in [0.1, 0.15) is 5.82 Å². The van der Waals surface area contributed by atoms with Crippen molar-refractivity contribution in [3.8, 4) is 0 Å². The van der Waals surface area contributed by atoms with Crippen LogP contribution in [0.3, 0.4) is 0 Å². The van der Waals surface area contributed by atoms with Crippen molar-refractivity contribution < 1.29 is 4.39 Å². The number of unbranched alkanes of at least 4 members (excludes halogenated alkanes) is 2. The normalized spacial score (nSPS) is 26.0. The fourth-order valence-electron chi connectivity index (χ4n) is 6.98. The van der Waals surface area contributed by atoms with Crippen molar-refractivity contribution in [3.05, 3.63) is 47.3 Å². The molecule has 2 aliphatic rings. The van der Waals surface area contributed by atoms with Crippen LogP contribution in [0, 0.1) is 29.5 Å². The molecule has 0 atom stereocenters. The van der Waals surface area contributed by atoms with Gasteiger partial charge in [0.15, 0.2) is 0 Å². The molecular weight excluding hydrogens is 403 g/mol. The Morgan fingerprint density at radius 2 is 1.36 bits per heavy atom. The molecule has 0 radical (unpaired) electrons. The van der Waals surface area contributed by atoms with Crippen LogP contribution in [0.15, 0.2) is 30.3 Å². The van der Waals surface area contributed by atoms with Crippen molar-refractivity contribution in [1.82, 2.24) is 0 Å². The fourth-order valence-corrected chi connectivity index (χ4v) is 6.98. The summed E-state index contributed by atoms with van der Waals surface area (Å²) in [7, 11) is 0. The summed E-state index contributed by atoms with van der Waals surface area (Å²) in [6, 6.07) is 10.6. The van der Waals surface area contributed by atoms with E-state index >= 15 is 4.39 Å². The van der Waals surface area contributed by atoms with Crippen LogP contribution in [0.5, 0.6) is 0 Å². The van der Waals surface area contributed by atoms with Crippen LogP contribution in [-0.4, -0.2) is 0 Å². The first-order chi connectivity index (χ1) is 16.2. The zero-order chi connectivity index (χ0) is 23.0. The number of hydrogen-bond donors (Lipinski definition) is 0. The van der Waals surface area contributed by atoms with E-state index in [0.29, 0.717) is 0 Å². The van der Waals surface area contributed by atoms with Gasteiger partial charge in [-0.3, -0.25) is 0 Å². The minimum Gasteiger partial charge on any atom is -0.206 e. The van der Waals surface area contributed by atoms with Crippen LogP contribution >= 0.6 is 0 Å². The average molecular weight is 451 g/mol. The van der Waals surface area contributed by atoms with E-state index in [9.17, 15) is 0 Å². The molecule has 182 valence electrons. The van der Waals surface area contributed by atoms with Crippen molar-refractivity contribution in [2.24, 2.45) is 23.7 Å². The Kier molecular flexibility index (Phi) is 9.27. The van der Waals surface area contributed by atoms with Crippen LogP contribution in [0.2, 0.25) is 0 Å². The summed E-state index contributed by atoms with van der Waals surface area (Å²) in [6.45, 7) is 4.57. The summed E-state index contributed by atoms with van der Waals surface area (Å²) >= 11 is 0.